The van der Waals surface area contributed by atoms with Crippen molar-refractivity contribution in [2.75, 3.05) is 12.8 Å². The number of pyridine rings is 1. The van der Waals surface area contributed by atoms with Crippen LogP contribution in [0.15, 0.2) is 17.3 Å². The predicted molar refractivity (Wildman–Crippen MR) is 67.0 cm³/mol. The Labute approximate surface area is 104 Å². The first-order chi connectivity index (χ1) is 7.97. The van der Waals surface area contributed by atoms with E-state index >= 15 is 0 Å². The molecule has 0 aliphatic carbocycles. The molecule has 5 nitrogen and oxygen atoms in total. The first-order valence-corrected chi connectivity index (χ1v) is 6.02. The molecule has 0 amide bonds. The number of aliphatic hydroxyl groups is 1. The van der Waals surface area contributed by atoms with Crippen LogP contribution in [0, 0.1) is 0 Å². The van der Waals surface area contributed by atoms with Crippen molar-refractivity contribution in [2.45, 2.75) is 30.2 Å². The van der Waals surface area contributed by atoms with Crippen LogP contribution in [0.2, 0.25) is 0 Å². The Bertz CT molecular complexity index is 410. The van der Waals surface area contributed by atoms with Gasteiger partial charge in [-0.15, -0.1) is 0 Å². The molecule has 1 aromatic heterocycles. The van der Waals surface area contributed by atoms with Crippen molar-refractivity contribution in [3.05, 3.63) is 17.8 Å². The molecule has 1 aromatic rings. The normalized spacial score (nSPS) is 14.1. The third-order valence-corrected chi connectivity index (χ3v) is 3.65. The summed E-state index contributed by atoms with van der Waals surface area (Å²) in [6.07, 6.45) is 1.02. The second kappa shape index (κ2) is 5.88. The molecule has 94 valence electrons. The Balaban J connectivity index is 2.98. The summed E-state index contributed by atoms with van der Waals surface area (Å²) >= 11 is 1.33. The molecule has 0 saturated carbocycles. The molecule has 0 fully saturated rings. The molecule has 0 saturated heterocycles. The Morgan fingerprint density at radius 3 is 2.76 bits per heavy atom. The minimum absolute atomic E-state index is 0.0577. The van der Waals surface area contributed by atoms with Crippen molar-refractivity contribution in [2.24, 2.45) is 0 Å². The quantitative estimate of drug-likeness (QED) is 0.624. The van der Waals surface area contributed by atoms with Crippen LogP contribution in [0.1, 0.15) is 24.2 Å². The number of aliphatic hydroxyl groups excluding tert-OH is 1. The number of esters is 1. The zero-order valence-electron chi connectivity index (χ0n) is 10.0. The zero-order chi connectivity index (χ0) is 13.0. The summed E-state index contributed by atoms with van der Waals surface area (Å²) in [6.45, 7) is 3.55. The second-order valence-electron chi connectivity index (χ2n) is 3.63. The molecule has 0 spiro atoms. The number of rotatable bonds is 4. The van der Waals surface area contributed by atoms with Crippen molar-refractivity contribution >= 4 is 23.4 Å². The van der Waals surface area contributed by atoms with Crippen LogP contribution in [0.25, 0.3) is 0 Å². The van der Waals surface area contributed by atoms with Gasteiger partial charge in [0.1, 0.15) is 5.03 Å². The molecule has 6 heteroatoms. The highest BCUT2D eigenvalue weighted by atomic mass is 32.2. The Kier molecular flexibility index (Phi) is 4.77. The molecule has 0 aromatic carbocycles. The lowest BCUT2D eigenvalue weighted by atomic mass is 10.2. The van der Waals surface area contributed by atoms with Gasteiger partial charge in [0.25, 0.3) is 0 Å². The van der Waals surface area contributed by atoms with E-state index in [1.807, 2.05) is 6.92 Å². The van der Waals surface area contributed by atoms with E-state index < -0.39 is 12.1 Å². The van der Waals surface area contributed by atoms with Gasteiger partial charge in [0.15, 0.2) is 0 Å². The number of nitrogen functional groups attached to an aromatic ring is 1. The number of nitrogens with zero attached hydrogens (tertiary/aromatic N) is 1. The average Bonchev–Trinajstić information content (AvgIpc) is 2.30. The maximum Gasteiger partial charge on any atom is 0.340 e. The van der Waals surface area contributed by atoms with E-state index in [1.54, 1.807) is 6.92 Å². The fourth-order valence-corrected chi connectivity index (χ4v) is 2.02. The van der Waals surface area contributed by atoms with Crippen LogP contribution in [0.4, 0.5) is 5.69 Å². The Morgan fingerprint density at radius 2 is 2.24 bits per heavy atom. The number of thioether (sulfide) groups is 1. The van der Waals surface area contributed by atoms with Crippen molar-refractivity contribution in [1.29, 1.82) is 0 Å². The molecule has 2 atom stereocenters. The molecule has 1 heterocycles. The molecule has 0 radical (unpaired) electrons. The fourth-order valence-electron chi connectivity index (χ4n) is 1.11. The van der Waals surface area contributed by atoms with Crippen molar-refractivity contribution in [3.8, 4) is 0 Å². The summed E-state index contributed by atoms with van der Waals surface area (Å²) < 4.78 is 4.62. The Hall–Kier alpha value is -1.27. The largest absolute Gasteiger partial charge is 0.465 e. The van der Waals surface area contributed by atoms with Crippen LogP contribution in [-0.4, -0.2) is 34.5 Å². The van der Waals surface area contributed by atoms with Gasteiger partial charge in [-0.05, 0) is 13.0 Å². The molecular weight excluding hydrogens is 240 g/mol. The molecule has 1 rings (SSSR count). The van der Waals surface area contributed by atoms with Gasteiger partial charge in [-0.1, -0.05) is 18.7 Å². The average molecular weight is 256 g/mol. The number of aromatic nitrogens is 1. The lowest BCUT2D eigenvalue weighted by molar-refractivity contribution is 0.0601. The van der Waals surface area contributed by atoms with Gasteiger partial charge in [-0.25, -0.2) is 9.78 Å². The molecule has 0 bridgehead atoms. The van der Waals surface area contributed by atoms with E-state index in [4.69, 9.17) is 5.73 Å². The summed E-state index contributed by atoms with van der Waals surface area (Å²) in [4.78, 5) is 15.5. The highest BCUT2D eigenvalue weighted by Crippen LogP contribution is 2.30. The summed E-state index contributed by atoms with van der Waals surface area (Å²) in [5.41, 5.74) is 6.43. The summed E-state index contributed by atoms with van der Waals surface area (Å²) in [5.74, 6) is -0.489. The molecule has 3 N–H and O–H groups in total. The number of carbonyl (C=O) groups is 1. The van der Waals surface area contributed by atoms with Crippen LogP contribution in [0.5, 0.6) is 0 Å². The van der Waals surface area contributed by atoms with E-state index in [-0.39, 0.29) is 10.9 Å². The van der Waals surface area contributed by atoms with Crippen molar-refractivity contribution in [1.82, 2.24) is 4.98 Å². The molecule has 17 heavy (non-hydrogen) atoms. The molecular formula is C11H16N2O3S. The lowest BCUT2D eigenvalue weighted by Gasteiger charge is -2.15. The third-order valence-electron chi connectivity index (χ3n) is 2.34. The number of anilines is 1. The first-order valence-electron chi connectivity index (χ1n) is 5.15. The molecule has 2 unspecified atom stereocenters. The van der Waals surface area contributed by atoms with E-state index in [0.29, 0.717) is 10.6 Å². The monoisotopic (exact) mass is 256 g/mol. The van der Waals surface area contributed by atoms with Gasteiger partial charge in [0, 0.05) is 11.4 Å². The van der Waals surface area contributed by atoms with Gasteiger partial charge in [0.2, 0.25) is 0 Å². The van der Waals surface area contributed by atoms with Gasteiger partial charge in [0.05, 0.1) is 24.5 Å². The minimum Gasteiger partial charge on any atom is -0.465 e. The first kappa shape index (κ1) is 13.8. The van der Waals surface area contributed by atoms with E-state index in [1.165, 1.54) is 31.1 Å². The maximum atomic E-state index is 11.4. The van der Waals surface area contributed by atoms with E-state index in [0.717, 1.165) is 0 Å². The van der Waals surface area contributed by atoms with E-state index in [2.05, 4.69) is 9.72 Å². The smallest absolute Gasteiger partial charge is 0.340 e. The minimum atomic E-state index is -0.489. The van der Waals surface area contributed by atoms with Crippen LogP contribution in [-0.2, 0) is 4.74 Å². The van der Waals surface area contributed by atoms with Crippen molar-refractivity contribution < 1.29 is 14.6 Å². The third kappa shape index (κ3) is 3.34. The maximum absolute atomic E-state index is 11.4. The highest BCUT2D eigenvalue weighted by molar-refractivity contribution is 8.00. The van der Waals surface area contributed by atoms with Gasteiger partial charge in [-0.3, -0.25) is 0 Å². The Morgan fingerprint density at radius 1 is 1.59 bits per heavy atom. The number of hydrogen-bond donors (Lipinski definition) is 2. The topological polar surface area (TPSA) is 85.4 Å². The number of hydrogen-bond acceptors (Lipinski definition) is 6. The lowest BCUT2D eigenvalue weighted by Crippen LogP contribution is -2.16. The van der Waals surface area contributed by atoms with Gasteiger partial charge < -0.3 is 15.6 Å². The molecule has 0 aliphatic heterocycles. The number of methoxy groups -OCH3 is 1. The van der Waals surface area contributed by atoms with Gasteiger partial charge in [-0.2, -0.15) is 0 Å². The molecule has 0 aliphatic rings. The standard InChI is InChI=1S/C11H16N2O3S/c1-6(14)7(2)17-10-9(12)8(4-5-13-10)11(15)16-3/h4-7,14H,12H2,1-3H3. The van der Waals surface area contributed by atoms with Crippen LogP contribution in [0.3, 0.4) is 0 Å². The van der Waals surface area contributed by atoms with Crippen LogP contribution >= 0.6 is 11.8 Å². The van der Waals surface area contributed by atoms with Crippen molar-refractivity contribution in [3.63, 3.8) is 0 Å². The zero-order valence-corrected chi connectivity index (χ0v) is 10.8. The summed E-state index contributed by atoms with van der Waals surface area (Å²) in [6, 6.07) is 1.51. The summed E-state index contributed by atoms with van der Waals surface area (Å²) in [7, 11) is 1.30. The SMILES string of the molecule is COC(=O)c1ccnc(SC(C)C(C)O)c1N. The van der Waals surface area contributed by atoms with Crippen LogP contribution < -0.4 is 5.73 Å². The second-order valence-corrected chi connectivity index (χ2v) is 5.00. The number of nitrogens with two attached hydrogens (primary N) is 1. The summed E-state index contributed by atoms with van der Waals surface area (Å²) in [5, 5.41) is 9.89. The predicted octanol–water partition coefficient (Wildman–Crippen LogP) is 1.31. The highest BCUT2D eigenvalue weighted by Gasteiger charge is 2.18. The van der Waals surface area contributed by atoms with Gasteiger partial charge >= 0.3 is 5.97 Å². The number of carbonyl (C=O) groups excluding carboxylic acids is 1. The number of ether oxygens (including phenoxy) is 1. The fraction of sp³-hybridized carbons (Fsp3) is 0.455. The van der Waals surface area contributed by atoms with E-state index in [9.17, 15) is 9.90 Å².